The largest absolute Gasteiger partial charge is 0.388 e. The predicted octanol–water partition coefficient (Wildman–Crippen LogP) is -0.655. The van der Waals surface area contributed by atoms with Gasteiger partial charge >= 0.3 is 0 Å². The standard InChI is InChI=1S/C8H14O4S/c1-2-3-13-8-7(11)6(10)5(9)4-12-8/h2,5-11H,1,3-4H2/t5-,6+,7-,8+/m1/s1. The minimum Gasteiger partial charge on any atom is -0.388 e. The van der Waals surface area contributed by atoms with E-state index in [0.29, 0.717) is 5.75 Å². The Morgan fingerprint density at radius 2 is 2.08 bits per heavy atom. The Morgan fingerprint density at radius 1 is 1.38 bits per heavy atom. The molecule has 4 nitrogen and oxygen atoms in total. The number of hydrogen-bond acceptors (Lipinski definition) is 5. The third-order valence-electron chi connectivity index (χ3n) is 1.83. The van der Waals surface area contributed by atoms with Gasteiger partial charge in [0, 0.05) is 5.75 Å². The molecule has 0 aliphatic carbocycles. The minimum absolute atomic E-state index is 0.0625. The SMILES string of the molecule is C=CCS[C@@H]1OC[C@@H](O)[C@H](O)[C@H]1O. The van der Waals surface area contributed by atoms with E-state index in [9.17, 15) is 10.2 Å². The lowest BCUT2D eigenvalue weighted by atomic mass is 10.1. The van der Waals surface area contributed by atoms with E-state index in [1.165, 1.54) is 11.8 Å². The van der Waals surface area contributed by atoms with Crippen LogP contribution in [0.4, 0.5) is 0 Å². The van der Waals surface area contributed by atoms with Gasteiger partial charge in [0.25, 0.3) is 0 Å². The van der Waals surface area contributed by atoms with Crippen LogP contribution in [0.2, 0.25) is 0 Å². The van der Waals surface area contributed by atoms with Gasteiger partial charge in [-0.1, -0.05) is 6.08 Å². The third-order valence-corrected chi connectivity index (χ3v) is 3.00. The molecule has 0 aromatic carbocycles. The summed E-state index contributed by atoms with van der Waals surface area (Å²) < 4.78 is 5.13. The fourth-order valence-electron chi connectivity index (χ4n) is 1.09. The molecule has 1 saturated heterocycles. The van der Waals surface area contributed by atoms with Gasteiger partial charge in [-0.05, 0) is 0 Å². The van der Waals surface area contributed by atoms with Crippen molar-refractivity contribution in [1.29, 1.82) is 0 Å². The number of aliphatic hydroxyl groups is 3. The summed E-state index contributed by atoms with van der Waals surface area (Å²) in [4.78, 5) is 0. The van der Waals surface area contributed by atoms with E-state index in [-0.39, 0.29) is 6.61 Å². The van der Waals surface area contributed by atoms with Gasteiger partial charge < -0.3 is 20.1 Å². The van der Waals surface area contributed by atoms with Crippen LogP contribution < -0.4 is 0 Å². The maximum absolute atomic E-state index is 9.44. The first kappa shape index (κ1) is 11.0. The van der Waals surface area contributed by atoms with Crippen molar-refractivity contribution in [2.75, 3.05) is 12.4 Å². The van der Waals surface area contributed by atoms with E-state index in [4.69, 9.17) is 9.84 Å². The second-order valence-electron chi connectivity index (χ2n) is 2.87. The lowest BCUT2D eigenvalue weighted by Gasteiger charge is -2.34. The molecule has 1 aliphatic rings. The Hall–Kier alpha value is -0.0700. The van der Waals surface area contributed by atoms with Gasteiger partial charge in [-0.15, -0.1) is 18.3 Å². The molecule has 0 aromatic heterocycles. The van der Waals surface area contributed by atoms with E-state index < -0.39 is 23.7 Å². The molecule has 0 unspecified atom stereocenters. The number of ether oxygens (including phenoxy) is 1. The minimum atomic E-state index is -1.11. The fourth-order valence-corrected chi connectivity index (χ4v) is 1.95. The maximum Gasteiger partial charge on any atom is 0.132 e. The summed E-state index contributed by atoms with van der Waals surface area (Å²) in [6.45, 7) is 3.60. The first-order valence-corrected chi connectivity index (χ1v) is 5.10. The Morgan fingerprint density at radius 3 is 2.69 bits per heavy atom. The number of aliphatic hydroxyl groups excluding tert-OH is 3. The zero-order chi connectivity index (χ0) is 9.84. The van der Waals surface area contributed by atoms with Crippen molar-refractivity contribution in [3.8, 4) is 0 Å². The van der Waals surface area contributed by atoms with E-state index in [1.54, 1.807) is 6.08 Å². The van der Waals surface area contributed by atoms with Crippen LogP contribution in [0.3, 0.4) is 0 Å². The van der Waals surface area contributed by atoms with Gasteiger partial charge in [-0.25, -0.2) is 0 Å². The molecule has 5 heteroatoms. The summed E-state index contributed by atoms with van der Waals surface area (Å²) in [5.74, 6) is 0.643. The number of rotatable bonds is 3. The lowest BCUT2D eigenvalue weighted by Crippen LogP contribution is -2.51. The summed E-state index contributed by atoms with van der Waals surface area (Å²) in [5, 5.41) is 27.9. The van der Waals surface area contributed by atoms with Crippen LogP contribution in [0.1, 0.15) is 0 Å². The highest BCUT2D eigenvalue weighted by Crippen LogP contribution is 2.24. The second kappa shape index (κ2) is 4.97. The predicted molar refractivity (Wildman–Crippen MR) is 50.4 cm³/mol. The normalized spacial score (nSPS) is 40.2. The van der Waals surface area contributed by atoms with Crippen molar-refractivity contribution >= 4 is 11.8 Å². The van der Waals surface area contributed by atoms with Gasteiger partial charge in [0.2, 0.25) is 0 Å². The zero-order valence-corrected chi connectivity index (χ0v) is 7.98. The lowest BCUT2D eigenvalue weighted by molar-refractivity contribution is -0.161. The summed E-state index contributed by atoms with van der Waals surface area (Å²) in [6.07, 6.45) is -1.45. The molecule has 0 bridgehead atoms. The average Bonchev–Trinajstić information content (AvgIpc) is 2.13. The summed E-state index contributed by atoms with van der Waals surface area (Å²) in [5.41, 5.74) is -0.476. The van der Waals surface area contributed by atoms with Crippen LogP contribution >= 0.6 is 11.8 Å². The van der Waals surface area contributed by atoms with E-state index in [0.717, 1.165) is 0 Å². The van der Waals surface area contributed by atoms with Crippen LogP contribution in [0.25, 0.3) is 0 Å². The maximum atomic E-state index is 9.44. The summed E-state index contributed by atoms with van der Waals surface area (Å²) in [6, 6.07) is 0. The van der Waals surface area contributed by atoms with Crippen molar-refractivity contribution in [1.82, 2.24) is 0 Å². The highest BCUT2D eigenvalue weighted by atomic mass is 32.2. The third kappa shape index (κ3) is 2.69. The molecule has 0 saturated carbocycles. The first-order chi connectivity index (χ1) is 6.16. The van der Waals surface area contributed by atoms with Gasteiger partial charge in [-0.3, -0.25) is 0 Å². The molecule has 1 rings (SSSR count). The van der Waals surface area contributed by atoms with Crippen LogP contribution in [-0.2, 0) is 4.74 Å². The summed E-state index contributed by atoms with van der Waals surface area (Å²) >= 11 is 1.35. The Bertz CT molecular complexity index is 176. The highest BCUT2D eigenvalue weighted by molar-refractivity contribution is 7.99. The Kier molecular flexibility index (Phi) is 4.21. The topological polar surface area (TPSA) is 69.9 Å². The molecule has 76 valence electrons. The molecule has 1 aliphatic heterocycles. The number of hydrogen-bond donors (Lipinski definition) is 3. The molecule has 0 amide bonds. The van der Waals surface area contributed by atoms with Crippen molar-refractivity contribution in [3.05, 3.63) is 12.7 Å². The van der Waals surface area contributed by atoms with Crippen molar-refractivity contribution < 1.29 is 20.1 Å². The van der Waals surface area contributed by atoms with E-state index in [2.05, 4.69) is 6.58 Å². The van der Waals surface area contributed by atoms with Crippen molar-refractivity contribution in [2.24, 2.45) is 0 Å². The monoisotopic (exact) mass is 206 g/mol. The van der Waals surface area contributed by atoms with Crippen LogP contribution in [0.5, 0.6) is 0 Å². The molecular formula is C8H14O4S. The second-order valence-corrected chi connectivity index (χ2v) is 4.00. The van der Waals surface area contributed by atoms with Crippen LogP contribution in [0.15, 0.2) is 12.7 Å². The van der Waals surface area contributed by atoms with Crippen LogP contribution in [0, 0.1) is 0 Å². The molecule has 0 radical (unpaired) electrons. The first-order valence-electron chi connectivity index (χ1n) is 4.05. The Labute approximate surface area is 81.2 Å². The number of thioether (sulfide) groups is 1. The van der Waals surface area contributed by atoms with Gasteiger partial charge in [0.15, 0.2) is 0 Å². The van der Waals surface area contributed by atoms with E-state index in [1.807, 2.05) is 0 Å². The molecule has 4 atom stereocenters. The van der Waals surface area contributed by atoms with Crippen LogP contribution in [-0.4, -0.2) is 51.4 Å². The van der Waals surface area contributed by atoms with Gasteiger partial charge in [0.05, 0.1) is 6.61 Å². The Balaban J connectivity index is 2.43. The molecule has 0 aromatic rings. The van der Waals surface area contributed by atoms with E-state index >= 15 is 0 Å². The smallest absolute Gasteiger partial charge is 0.132 e. The quantitative estimate of drug-likeness (QED) is 0.535. The molecular weight excluding hydrogens is 192 g/mol. The van der Waals surface area contributed by atoms with Gasteiger partial charge in [-0.2, -0.15) is 0 Å². The molecule has 1 fully saturated rings. The highest BCUT2D eigenvalue weighted by Gasteiger charge is 2.37. The molecule has 13 heavy (non-hydrogen) atoms. The van der Waals surface area contributed by atoms with Crippen molar-refractivity contribution in [2.45, 2.75) is 23.7 Å². The molecule has 0 spiro atoms. The fraction of sp³-hybridized carbons (Fsp3) is 0.750. The zero-order valence-electron chi connectivity index (χ0n) is 7.17. The van der Waals surface area contributed by atoms with Gasteiger partial charge in [0.1, 0.15) is 23.7 Å². The van der Waals surface area contributed by atoms with Crippen molar-refractivity contribution in [3.63, 3.8) is 0 Å². The average molecular weight is 206 g/mol. The molecule has 3 N–H and O–H groups in total. The molecule has 1 heterocycles. The summed E-state index contributed by atoms with van der Waals surface area (Å²) in [7, 11) is 0.